The van der Waals surface area contributed by atoms with Crippen molar-refractivity contribution >= 4 is 34.0 Å². The number of aliphatic hydroxyl groups excluding tert-OH is 1. The molecule has 3 aromatic carbocycles. The Morgan fingerprint density at radius 1 is 0.743 bits per heavy atom. The third-order valence-electron chi connectivity index (χ3n) is 6.09. The number of halogens is 7. The molecule has 0 aliphatic rings. The molecular formula is C26H30ClF6NO. The summed E-state index contributed by atoms with van der Waals surface area (Å²) in [6, 6.07) is 7.66. The number of unbranched alkanes of at least 4 members (excludes halogenated alkanes) is 2. The summed E-state index contributed by atoms with van der Waals surface area (Å²) in [5, 5.41) is 11.9. The minimum absolute atomic E-state index is 0. The third kappa shape index (κ3) is 7.02. The van der Waals surface area contributed by atoms with E-state index >= 15 is 0 Å². The fraction of sp³-hybridized carbons (Fsp3) is 0.462. The first-order valence-corrected chi connectivity index (χ1v) is 11.5. The quantitative estimate of drug-likeness (QED) is 0.226. The van der Waals surface area contributed by atoms with Gasteiger partial charge < -0.3 is 10.0 Å². The Morgan fingerprint density at radius 2 is 1.26 bits per heavy atom. The monoisotopic (exact) mass is 521 g/mol. The summed E-state index contributed by atoms with van der Waals surface area (Å²) in [4.78, 5) is 2.13. The van der Waals surface area contributed by atoms with Gasteiger partial charge in [-0.3, -0.25) is 0 Å². The van der Waals surface area contributed by atoms with Crippen LogP contribution in [0.2, 0.25) is 0 Å². The van der Waals surface area contributed by atoms with Gasteiger partial charge in [-0.2, -0.15) is 26.3 Å². The molecule has 1 N–H and O–H groups in total. The molecular weight excluding hydrogens is 492 g/mol. The molecule has 3 rings (SSSR count). The fourth-order valence-corrected chi connectivity index (χ4v) is 4.21. The largest absolute Gasteiger partial charge is 0.416 e. The number of aliphatic hydroxyl groups is 1. The second kappa shape index (κ2) is 11.8. The maximum atomic E-state index is 13.4. The number of hydrogen-bond acceptors (Lipinski definition) is 2. The molecule has 0 amide bonds. The van der Waals surface area contributed by atoms with Gasteiger partial charge in [0.2, 0.25) is 0 Å². The van der Waals surface area contributed by atoms with E-state index in [9.17, 15) is 31.4 Å². The lowest BCUT2D eigenvalue weighted by atomic mass is 9.92. The Kier molecular flexibility index (Phi) is 9.85. The summed E-state index contributed by atoms with van der Waals surface area (Å²) in [6.07, 6.45) is -6.40. The molecule has 35 heavy (non-hydrogen) atoms. The van der Waals surface area contributed by atoms with E-state index in [2.05, 4.69) is 18.7 Å². The summed E-state index contributed by atoms with van der Waals surface area (Å²) in [7, 11) is 0. The Bertz CT molecular complexity index is 1120. The first-order chi connectivity index (χ1) is 16.0. The van der Waals surface area contributed by atoms with E-state index < -0.39 is 29.6 Å². The van der Waals surface area contributed by atoms with Gasteiger partial charge >= 0.3 is 12.4 Å². The molecule has 0 heterocycles. The van der Waals surface area contributed by atoms with Crippen LogP contribution in [-0.2, 0) is 12.4 Å². The highest BCUT2D eigenvalue weighted by molar-refractivity contribution is 6.09. The van der Waals surface area contributed by atoms with Crippen molar-refractivity contribution < 1.29 is 31.4 Å². The maximum absolute atomic E-state index is 13.4. The molecule has 1 unspecified atom stereocenters. The predicted octanol–water partition coefficient (Wildman–Crippen LogP) is 8.39. The van der Waals surface area contributed by atoms with E-state index in [1.165, 1.54) is 12.1 Å². The summed E-state index contributed by atoms with van der Waals surface area (Å²) in [5.41, 5.74) is -1.47. The number of fused-ring (bicyclic) bond motifs is 3. The Hall–Kier alpha value is -2.03. The molecule has 0 aliphatic heterocycles. The van der Waals surface area contributed by atoms with Crippen molar-refractivity contribution in [2.75, 3.05) is 19.6 Å². The summed E-state index contributed by atoms with van der Waals surface area (Å²) in [5.74, 6) is 0. The highest BCUT2D eigenvalue weighted by Gasteiger charge is 2.33. The van der Waals surface area contributed by atoms with Gasteiger partial charge in [-0.25, -0.2) is 0 Å². The maximum Gasteiger partial charge on any atom is 0.416 e. The highest BCUT2D eigenvalue weighted by atomic mass is 35.5. The molecule has 2 nitrogen and oxygen atoms in total. The SMILES string of the molecule is CCCCN(CCCC)CC(O)c1cc2ccc(C(F)(F)F)cc2c2cc(C(F)(F)F)ccc12.Cl. The Balaban J connectivity index is 0.00000432. The number of hydrogen-bond donors (Lipinski definition) is 1. The standard InChI is InChI=1S/C26H29F6NO.ClH/c1-3-5-11-33(12-6-4-2)16-24(34)23-13-17-7-8-18(25(27,28)29)14-21(17)22-15-19(26(30,31)32)9-10-20(22)23;/h7-10,13-15,24,34H,3-6,11-12,16H2,1-2H3;1H. The average Bonchev–Trinajstić information content (AvgIpc) is 2.78. The fourth-order valence-electron chi connectivity index (χ4n) is 4.21. The normalized spacial score (nSPS) is 13.4. The van der Waals surface area contributed by atoms with Gasteiger partial charge in [0.05, 0.1) is 17.2 Å². The zero-order chi connectivity index (χ0) is 25.1. The van der Waals surface area contributed by atoms with Crippen molar-refractivity contribution in [3.05, 3.63) is 59.2 Å². The Labute approximate surface area is 207 Å². The molecule has 1 atom stereocenters. The lowest BCUT2D eigenvalue weighted by Crippen LogP contribution is -2.30. The number of nitrogens with zero attached hydrogens (tertiary/aromatic N) is 1. The van der Waals surface area contributed by atoms with Gasteiger partial charge in [0, 0.05) is 6.54 Å². The smallest absolute Gasteiger partial charge is 0.387 e. The highest BCUT2D eigenvalue weighted by Crippen LogP contribution is 2.39. The lowest BCUT2D eigenvalue weighted by Gasteiger charge is -2.26. The number of rotatable bonds is 9. The van der Waals surface area contributed by atoms with Crippen LogP contribution in [0.4, 0.5) is 26.3 Å². The van der Waals surface area contributed by atoms with Crippen LogP contribution in [0.25, 0.3) is 21.5 Å². The van der Waals surface area contributed by atoms with Crippen LogP contribution >= 0.6 is 12.4 Å². The zero-order valence-electron chi connectivity index (χ0n) is 19.6. The third-order valence-corrected chi connectivity index (χ3v) is 6.09. The van der Waals surface area contributed by atoms with Gasteiger partial charge in [0.1, 0.15) is 0 Å². The van der Waals surface area contributed by atoms with E-state index in [1.54, 1.807) is 6.07 Å². The molecule has 0 saturated carbocycles. The van der Waals surface area contributed by atoms with Crippen LogP contribution in [0.5, 0.6) is 0 Å². The number of benzene rings is 3. The van der Waals surface area contributed by atoms with Crippen molar-refractivity contribution in [1.82, 2.24) is 4.90 Å². The van der Waals surface area contributed by atoms with Crippen LogP contribution in [-0.4, -0.2) is 29.6 Å². The molecule has 0 radical (unpaired) electrons. The van der Waals surface area contributed by atoms with Gasteiger partial charge in [-0.05, 0) is 83.4 Å². The topological polar surface area (TPSA) is 23.5 Å². The van der Waals surface area contributed by atoms with E-state index in [0.717, 1.165) is 63.0 Å². The minimum atomic E-state index is -4.64. The van der Waals surface area contributed by atoms with Crippen LogP contribution in [0.3, 0.4) is 0 Å². The van der Waals surface area contributed by atoms with E-state index in [0.29, 0.717) is 22.9 Å². The molecule has 0 bridgehead atoms. The van der Waals surface area contributed by atoms with Gasteiger partial charge in [0.25, 0.3) is 0 Å². The summed E-state index contributed by atoms with van der Waals surface area (Å²) in [6.45, 7) is 6.00. The van der Waals surface area contributed by atoms with Crippen molar-refractivity contribution in [2.45, 2.75) is 58.0 Å². The lowest BCUT2D eigenvalue weighted by molar-refractivity contribution is -0.138. The van der Waals surface area contributed by atoms with Crippen molar-refractivity contribution in [1.29, 1.82) is 0 Å². The first kappa shape index (κ1) is 29.2. The second-order valence-corrected chi connectivity index (χ2v) is 8.68. The van der Waals surface area contributed by atoms with E-state index in [4.69, 9.17) is 0 Å². The van der Waals surface area contributed by atoms with E-state index in [-0.39, 0.29) is 23.2 Å². The zero-order valence-corrected chi connectivity index (χ0v) is 20.5. The summed E-state index contributed by atoms with van der Waals surface area (Å²) < 4.78 is 80.2. The van der Waals surface area contributed by atoms with Crippen molar-refractivity contribution in [2.24, 2.45) is 0 Å². The average molecular weight is 522 g/mol. The van der Waals surface area contributed by atoms with E-state index in [1.807, 2.05) is 0 Å². The van der Waals surface area contributed by atoms with Gasteiger partial charge in [-0.1, -0.05) is 38.8 Å². The van der Waals surface area contributed by atoms with Gasteiger partial charge in [-0.15, -0.1) is 12.4 Å². The molecule has 3 aromatic rings. The van der Waals surface area contributed by atoms with Crippen LogP contribution < -0.4 is 0 Å². The number of alkyl halides is 6. The molecule has 0 aliphatic carbocycles. The second-order valence-electron chi connectivity index (χ2n) is 8.68. The minimum Gasteiger partial charge on any atom is -0.387 e. The molecule has 0 spiro atoms. The van der Waals surface area contributed by atoms with Gasteiger partial charge in [0.15, 0.2) is 0 Å². The molecule has 0 fully saturated rings. The summed E-state index contributed by atoms with van der Waals surface area (Å²) >= 11 is 0. The van der Waals surface area contributed by atoms with Crippen molar-refractivity contribution in [3.63, 3.8) is 0 Å². The van der Waals surface area contributed by atoms with Crippen molar-refractivity contribution in [3.8, 4) is 0 Å². The molecule has 0 aromatic heterocycles. The molecule has 9 heteroatoms. The van der Waals surface area contributed by atoms with Crippen LogP contribution in [0, 0.1) is 0 Å². The molecule has 0 saturated heterocycles. The molecule has 194 valence electrons. The first-order valence-electron chi connectivity index (χ1n) is 11.5. The Morgan fingerprint density at radius 3 is 1.77 bits per heavy atom. The van der Waals surface area contributed by atoms with Crippen LogP contribution in [0.15, 0.2) is 42.5 Å². The predicted molar refractivity (Wildman–Crippen MR) is 130 cm³/mol. The van der Waals surface area contributed by atoms with Crippen LogP contribution in [0.1, 0.15) is 62.3 Å².